The highest BCUT2D eigenvalue weighted by atomic mass is 28.4. The first kappa shape index (κ1) is 24.9. The van der Waals surface area contributed by atoms with Gasteiger partial charge in [0.25, 0.3) is 0 Å². The van der Waals surface area contributed by atoms with E-state index in [0.717, 1.165) is 42.6 Å². The molecule has 0 radical (unpaired) electrons. The lowest BCUT2D eigenvalue weighted by molar-refractivity contribution is -0.0193. The molecule has 3 rings (SSSR count). The minimum atomic E-state index is -1.76. The molecule has 0 aromatic heterocycles. The zero-order chi connectivity index (χ0) is 23.7. The first-order chi connectivity index (χ1) is 14.9. The van der Waals surface area contributed by atoms with Crippen LogP contribution in [-0.4, -0.2) is 52.9 Å². The summed E-state index contributed by atoms with van der Waals surface area (Å²) in [6.45, 7) is 14.7. The lowest BCUT2D eigenvalue weighted by Gasteiger charge is -2.38. The van der Waals surface area contributed by atoms with Gasteiger partial charge in [0.05, 0.1) is 43.5 Å². The van der Waals surface area contributed by atoms with E-state index in [4.69, 9.17) is 19.6 Å². The summed E-state index contributed by atoms with van der Waals surface area (Å²) < 4.78 is 17.5. The molecule has 7 nitrogen and oxygen atoms in total. The van der Waals surface area contributed by atoms with Crippen LogP contribution >= 0.6 is 0 Å². The summed E-state index contributed by atoms with van der Waals surface area (Å²) in [4.78, 5) is 14.0. The summed E-state index contributed by atoms with van der Waals surface area (Å²) in [6, 6.07) is 4.23. The molecule has 3 atom stereocenters. The van der Waals surface area contributed by atoms with E-state index in [9.17, 15) is 4.79 Å². The van der Waals surface area contributed by atoms with E-state index in [1.54, 1.807) is 4.90 Å². The van der Waals surface area contributed by atoms with Gasteiger partial charge in [-0.05, 0) is 62.9 Å². The van der Waals surface area contributed by atoms with Gasteiger partial charge >= 0.3 is 6.09 Å². The number of carbonyl (C=O) groups is 1. The molecule has 2 aliphatic rings. The summed E-state index contributed by atoms with van der Waals surface area (Å²) in [7, 11) is -0.346. The Morgan fingerprint density at radius 2 is 2.00 bits per heavy atom. The van der Waals surface area contributed by atoms with Crippen molar-refractivity contribution in [2.45, 2.75) is 89.7 Å². The Balaban J connectivity index is 1.60. The number of methoxy groups -OCH3 is 1. The van der Waals surface area contributed by atoms with Crippen molar-refractivity contribution < 1.29 is 18.7 Å². The Morgan fingerprint density at radius 1 is 1.28 bits per heavy atom. The van der Waals surface area contributed by atoms with Crippen LogP contribution < -0.4 is 16.0 Å². The second-order valence-electron chi connectivity index (χ2n) is 10.7. The van der Waals surface area contributed by atoms with Crippen molar-refractivity contribution in [3.8, 4) is 0 Å². The zero-order valence-corrected chi connectivity index (χ0v) is 21.8. The zero-order valence-electron chi connectivity index (χ0n) is 20.8. The molecule has 1 aromatic rings. The fourth-order valence-corrected chi connectivity index (χ4v) is 5.19. The number of carbonyl (C=O) groups excluding carboxylic acids is 1. The normalized spacial score (nSPS) is 24.1. The number of fused-ring (bicyclic) bond motifs is 1. The predicted octanol–water partition coefficient (Wildman–Crippen LogP) is 5.16. The number of hydrogen-bond donors (Lipinski definition) is 2. The van der Waals surface area contributed by atoms with E-state index in [2.05, 4.69) is 39.2 Å². The van der Waals surface area contributed by atoms with E-state index in [1.807, 2.05) is 19.1 Å². The van der Waals surface area contributed by atoms with Crippen LogP contribution in [0, 0.1) is 0 Å². The Morgan fingerprint density at radius 3 is 2.59 bits per heavy atom. The van der Waals surface area contributed by atoms with Crippen LogP contribution in [0.15, 0.2) is 12.1 Å². The Kier molecular flexibility index (Phi) is 7.47. The number of amides is 1. The third-order valence-electron chi connectivity index (χ3n) is 7.38. The first-order valence-electron chi connectivity index (χ1n) is 11.7. The van der Waals surface area contributed by atoms with Crippen LogP contribution in [0.4, 0.5) is 21.9 Å². The smallest absolute Gasteiger partial charge is 0.414 e. The highest BCUT2D eigenvalue weighted by Gasteiger charge is 2.38. The van der Waals surface area contributed by atoms with Crippen molar-refractivity contribution in [2.75, 3.05) is 36.3 Å². The maximum absolute atomic E-state index is 12.3. The van der Waals surface area contributed by atoms with Crippen LogP contribution in [0.5, 0.6) is 0 Å². The van der Waals surface area contributed by atoms with E-state index in [-0.39, 0.29) is 29.3 Å². The average Bonchev–Trinajstić information content (AvgIpc) is 2.74. The minimum Gasteiger partial charge on any atom is -0.452 e. The summed E-state index contributed by atoms with van der Waals surface area (Å²) in [6.07, 6.45) is 3.48. The van der Waals surface area contributed by atoms with Gasteiger partial charge in [-0.1, -0.05) is 20.8 Å². The molecule has 3 N–H and O–H groups in total. The lowest BCUT2D eigenvalue weighted by atomic mass is 9.94. The minimum absolute atomic E-state index is 0.0883. The maximum atomic E-state index is 12.3. The third-order valence-corrected chi connectivity index (χ3v) is 11.9. The van der Waals surface area contributed by atoms with Crippen LogP contribution in [0.2, 0.25) is 18.1 Å². The van der Waals surface area contributed by atoms with Crippen LogP contribution in [0.3, 0.4) is 0 Å². The highest BCUT2D eigenvalue weighted by molar-refractivity contribution is 6.74. The first-order valence-corrected chi connectivity index (χ1v) is 14.7. The molecule has 0 bridgehead atoms. The molecule has 1 fully saturated rings. The molecule has 0 spiro atoms. The average molecular weight is 464 g/mol. The Hall–Kier alpha value is -1.77. The molecule has 2 heterocycles. The molecule has 32 heavy (non-hydrogen) atoms. The quantitative estimate of drug-likeness (QED) is 0.463. The molecule has 180 valence electrons. The molecule has 0 unspecified atom stereocenters. The van der Waals surface area contributed by atoms with Gasteiger partial charge in [0.2, 0.25) is 0 Å². The van der Waals surface area contributed by atoms with E-state index in [1.165, 1.54) is 7.11 Å². The fourth-order valence-electron chi connectivity index (χ4n) is 4.15. The van der Waals surface area contributed by atoms with Crippen molar-refractivity contribution in [1.29, 1.82) is 0 Å². The van der Waals surface area contributed by atoms with Crippen LogP contribution in [0.1, 0.15) is 52.5 Å². The number of nitrogens with zero attached hydrogens (tertiary/aromatic N) is 1. The third kappa shape index (κ3) is 5.23. The van der Waals surface area contributed by atoms with Gasteiger partial charge < -0.3 is 25.0 Å². The Bertz CT molecular complexity index is 816. The highest BCUT2D eigenvalue weighted by Crippen LogP contribution is 2.39. The number of ether oxygens (including phenoxy) is 2. The van der Waals surface area contributed by atoms with Crippen molar-refractivity contribution in [1.82, 2.24) is 0 Å². The summed E-state index contributed by atoms with van der Waals surface area (Å²) >= 11 is 0. The molecule has 8 heteroatoms. The van der Waals surface area contributed by atoms with E-state index >= 15 is 0 Å². The number of anilines is 3. The number of nitrogen functional groups attached to an aromatic ring is 1. The molecule has 0 saturated carbocycles. The summed E-state index contributed by atoms with van der Waals surface area (Å²) in [5.41, 5.74) is 10.0. The Labute approximate surface area is 194 Å². The largest absolute Gasteiger partial charge is 0.452 e. The van der Waals surface area contributed by atoms with E-state index < -0.39 is 8.32 Å². The van der Waals surface area contributed by atoms with Gasteiger partial charge in [0.15, 0.2) is 8.32 Å². The summed E-state index contributed by atoms with van der Waals surface area (Å²) in [5.74, 6) is 0. The van der Waals surface area contributed by atoms with Gasteiger partial charge in [-0.3, -0.25) is 4.90 Å². The molecule has 1 amide bonds. The van der Waals surface area contributed by atoms with Crippen molar-refractivity contribution >= 4 is 31.5 Å². The van der Waals surface area contributed by atoms with Gasteiger partial charge in [0.1, 0.15) is 0 Å². The van der Waals surface area contributed by atoms with Gasteiger partial charge in [-0.25, -0.2) is 4.79 Å². The summed E-state index contributed by atoms with van der Waals surface area (Å²) in [5, 5.41) is 3.77. The van der Waals surface area contributed by atoms with Crippen molar-refractivity contribution in [3.05, 3.63) is 17.7 Å². The van der Waals surface area contributed by atoms with Gasteiger partial charge in [-0.15, -0.1) is 0 Å². The van der Waals surface area contributed by atoms with Crippen molar-refractivity contribution in [3.63, 3.8) is 0 Å². The number of nitrogens with one attached hydrogen (secondary N) is 1. The number of benzene rings is 1. The molecular weight excluding hydrogens is 422 g/mol. The molecule has 0 aliphatic carbocycles. The number of nitrogens with two attached hydrogens (primary N) is 1. The fraction of sp³-hybridized carbons (Fsp3) is 0.708. The SMILES string of the molecule is COC(=O)N1c2ccc(N[C@@H]3CC[C@@H](CO[Si](C)(C)C(C)(C)C)OC3)c(N)c2CC[C@@H]1C. The van der Waals surface area contributed by atoms with Gasteiger partial charge in [0, 0.05) is 17.6 Å². The van der Waals surface area contributed by atoms with Crippen molar-refractivity contribution in [2.24, 2.45) is 0 Å². The monoisotopic (exact) mass is 463 g/mol. The number of rotatable bonds is 5. The second-order valence-corrected chi connectivity index (χ2v) is 15.5. The van der Waals surface area contributed by atoms with Gasteiger partial charge in [-0.2, -0.15) is 0 Å². The van der Waals surface area contributed by atoms with Crippen LogP contribution in [-0.2, 0) is 20.3 Å². The standard InChI is InChI=1S/C24H41N3O4Si/c1-16-8-11-19-21(27(16)23(28)29-5)13-12-20(22(19)25)26-17-9-10-18(30-14-17)15-31-32(6,7)24(2,3)4/h12-13,16-18,26H,8-11,14-15,25H2,1-7H3/t16-,17+,18-/m0/s1. The predicted molar refractivity (Wildman–Crippen MR) is 133 cm³/mol. The lowest BCUT2D eigenvalue weighted by Crippen LogP contribution is -2.44. The van der Waals surface area contributed by atoms with E-state index in [0.29, 0.717) is 18.9 Å². The second kappa shape index (κ2) is 9.61. The topological polar surface area (TPSA) is 86.0 Å². The molecule has 2 aliphatic heterocycles. The molecule has 1 saturated heterocycles. The molecule has 1 aromatic carbocycles. The number of hydrogen-bond acceptors (Lipinski definition) is 6. The maximum Gasteiger partial charge on any atom is 0.414 e. The molecular formula is C24H41N3O4Si. The van der Waals surface area contributed by atoms with Crippen LogP contribution in [0.25, 0.3) is 0 Å².